The second kappa shape index (κ2) is 6.07. The number of nitrogens with two attached hydrogens (primary N) is 1. The number of hydrogen-bond donors (Lipinski definition) is 1. The highest BCUT2D eigenvalue weighted by molar-refractivity contribution is 9.10. The van der Waals surface area contributed by atoms with Crippen LogP contribution >= 0.6 is 15.9 Å². The van der Waals surface area contributed by atoms with Crippen LogP contribution in [0, 0.1) is 24.7 Å². The summed E-state index contributed by atoms with van der Waals surface area (Å²) in [5.41, 5.74) is 8.18. The number of benzene rings is 1. The Kier molecular flexibility index (Phi) is 4.37. The van der Waals surface area contributed by atoms with Gasteiger partial charge in [-0.1, -0.05) is 22.4 Å². The highest BCUT2D eigenvalue weighted by atomic mass is 79.9. The third-order valence-corrected chi connectivity index (χ3v) is 5.51. The smallest absolute Gasteiger partial charge is 0.125 e. The highest BCUT2D eigenvalue weighted by Gasteiger charge is 2.39. The first kappa shape index (κ1) is 14.4. The van der Waals surface area contributed by atoms with Crippen LogP contribution in [0.2, 0.25) is 0 Å². The first-order valence-corrected chi connectivity index (χ1v) is 8.58. The Morgan fingerprint density at radius 3 is 2.80 bits per heavy atom. The first-order chi connectivity index (χ1) is 9.67. The molecule has 0 amide bonds. The summed E-state index contributed by atoms with van der Waals surface area (Å²) >= 11 is 3.56. The molecule has 0 aromatic heterocycles. The summed E-state index contributed by atoms with van der Waals surface area (Å²) in [5, 5.41) is 0. The predicted molar refractivity (Wildman–Crippen MR) is 86.1 cm³/mol. The van der Waals surface area contributed by atoms with Crippen LogP contribution in [0.25, 0.3) is 0 Å². The average Bonchev–Trinajstić information content (AvgIpc) is 3.00. The molecular formula is C17H24BrNO. The van der Waals surface area contributed by atoms with E-state index in [1.54, 1.807) is 0 Å². The van der Waals surface area contributed by atoms with Crippen LogP contribution in [0.4, 0.5) is 0 Å². The number of ether oxygens (including phenoxy) is 1. The number of hydrogen-bond acceptors (Lipinski definition) is 2. The molecule has 0 spiro atoms. The number of halogens is 1. The molecule has 1 aromatic rings. The first-order valence-electron chi connectivity index (χ1n) is 7.79. The lowest BCUT2D eigenvalue weighted by molar-refractivity contribution is 0.193. The number of aryl methyl sites for hydroxylation is 1. The van der Waals surface area contributed by atoms with E-state index in [2.05, 4.69) is 35.0 Å². The van der Waals surface area contributed by atoms with Gasteiger partial charge in [-0.3, -0.25) is 0 Å². The molecule has 1 aromatic carbocycles. The Hall–Kier alpha value is -0.540. The van der Waals surface area contributed by atoms with Gasteiger partial charge in [0, 0.05) is 4.47 Å². The molecule has 2 saturated carbocycles. The molecule has 2 N–H and O–H groups in total. The van der Waals surface area contributed by atoms with Crippen LogP contribution in [-0.2, 0) is 6.42 Å². The Balaban J connectivity index is 1.70. The molecule has 0 aliphatic heterocycles. The van der Waals surface area contributed by atoms with Crippen LogP contribution in [0.15, 0.2) is 16.6 Å². The maximum absolute atomic E-state index is 6.24. The molecule has 2 nitrogen and oxygen atoms in total. The van der Waals surface area contributed by atoms with Gasteiger partial charge < -0.3 is 10.5 Å². The minimum absolute atomic E-state index is 0.667. The van der Waals surface area contributed by atoms with E-state index in [9.17, 15) is 0 Å². The molecule has 2 fully saturated rings. The zero-order valence-electron chi connectivity index (χ0n) is 12.2. The second-order valence-corrected chi connectivity index (χ2v) is 7.41. The summed E-state index contributed by atoms with van der Waals surface area (Å²) in [5.74, 6) is 3.76. The van der Waals surface area contributed by atoms with Gasteiger partial charge in [0.1, 0.15) is 5.75 Å². The molecule has 0 heterocycles. The molecule has 2 aliphatic carbocycles. The van der Waals surface area contributed by atoms with Crippen molar-refractivity contribution in [2.75, 3.05) is 13.2 Å². The van der Waals surface area contributed by atoms with E-state index in [0.29, 0.717) is 6.54 Å². The lowest BCUT2D eigenvalue weighted by Crippen LogP contribution is -2.19. The zero-order chi connectivity index (χ0) is 14.1. The molecular weight excluding hydrogens is 314 g/mol. The predicted octanol–water partition coefficient (Wildman–Crippen LogP) is 4.07. The van der Waals surface area contributed by atoms with Crippen molar-refractivity contribution < 1.29 is 4.74 Å². The van der Waals surface area contributed by atoms with Gasteiger partial charge in [-0.05, 0) is 80.2 Å². The van der Waals surface area contributed by atoms with Crippen molar-refractivity contribution in [3.63, 3.8) is 0 Å². The van der Waals surface area contributed by atoms with Gasteiger partial charge in [-0.25, -0.2) is 0 Å². The molecule has 110 valence electrons. The van der Waals surface area contributed by atoms with Gasteiger partial charge in [0.25, 0.3) is 0 Å². The second-order valence-electron chi connectivity index (χ2n) is 6.50. The monoisotopic (exact) mass is 337 g/mol. The fourth-order valence-corrected chi connectivity index (χ4v) is 4.74. The van der Waals surface area contributed by atoms with E-state index < -0.39 is 0 Å². The summed E-state index contributed by atoms with van der Waals surface area (Å²) in [6, 6.07) is 4.28. The quantitative estimate of drug-likeness (QED) is 0.878. The van der Waals surface area contributed by atoms with E-state index in [1.807, 2.05) is 0 Å². The van der Waals surface area contributed by atoms with Crippen LogP contribution in [-0.4, -0.2) is 13.2 Å². The summed E-state index contributed by atoms with van der Waals surface area (Å²) in [4.78, 5) is 0. The molecule has 0 saturated heterocycles. The van der Waals surface area contributed by atoms with Gasteiger partial charge in [-0.2, -0.15) is 0 Å². The van der Waals surface area contributed by atoms with Crippen molar-refractivity contribution in [2.24, 2.45) is 23.5 Å². The third-order valence-electron chi connectivity index (χ3n) is 5.06. The van der Waals surface area contributed by atoms with Crippen molar-refractivity contribution in [3.8, 4) is 5.75 Å². The van der Waals surface area contributed by atoms with E-state index >= 15 is 0 Å². The molecule has 2 aliphatic rings. The van der Waals surface area contributed by atoms with E-state index in [1.165, 1.54) is 36.8 Å². The van der Waals surface area contributed by atoms with Crippen molar-refractivity contribution >= 4 is 15.9 Å². The van der Waals surface area contributed by atoms with Crippen LogP contribution in [0.1, 0.15) is 36.8 Å². The van der Waals surface area contributed by atoms with Gasteiger partial charge in [0.2, 0.25) is 0 Å². The SMILES string of the molecule is Cc1cc(Br)cc(CCN)c1OCC1CC2CCC1C2. The molecule has 3 rings (SSSR count). The summed E-state index contributed by atoms with van der Waals surface area (Å²) in [6.07, 6.45) is 6.59. The van der Waals surface area contributed by atoms with Crippen molar-refractivity contribution in [3.05, 3.63) is 27.7 Å². The maximum Gasteiger partial charge on any atom is 0.125 e. The topological polar surface area (TPSA) is 35.2 Å². The minimum Gasteiger partial charge on any atom is -0.493 e. The molecule has 3 heteroatoms. The molecule has 3 atom stereocenters. The van der Waals surface area contributed by atoms with Crippen molar-refractivity contribution in [1.82, 2.24) is 0 Å². The number of rotatable bonds is 5. The summed E-state index contributed by atoms with van der Waals surface area (Å²) in [7, 11) is 0. The largest absolute Gasteiger partial charge is 0.493 e. The Labute approximate surface area is 130 Å². The van der Waals surface area contributed by atoms with Crippen LogP contribution in [0.3, 0.4) is 0 Å². The molecule has 2 bridgehead atoms. The number of fused-ring (bicyclic) bond motifs is 2. The van der Waals surface area contributed by atoms with Crippen LogP contribution in [0.5, 0.6) is 5.75 Å². The lowest BCUT2D eigenvalue weighted by Gasteiger charge is -2.23. The fraction of sp³-hybridized carbons (Fsp3) is 0.647. The molecule has 20 heavy (non-hydrogen) atoms. The van der Waals surface area contributed by atoms with Crippen molar-refractivity contribution in [1.29, 1.82) is 0 Å². The fourth-order valence-electron chi connectivity index (χ4n) is 4.12. The Morgan fingerprint density at radius 2 is 2.15 bits per heavy atom. The van der Waals surface area contributed by atoms with E-state index in [0.717, 1.165) is 41.0 Å². The standard InChI is InChI=1S/C17H24BrNO/c1-11-6-16(18)9-14(4-5-19)17(11)20-10-15-8-12-2-3-13(15)7-12/h6,9,12-13,15H,2-5,7-8,10,19H2,1H3. The van der Waals surface area contributed by atoms with E-state index in [-0.39, 0.29) is 0 Å². The third kappa shape index (κ3) is 2.89. The highest BCUT2D eigenvalue weighted by Crippen LogP contribution is 2.48. The average molecular weight is 338 g/mol. The normalized spacial score (nSPS) is 28.1. The summed E-state index contributed by atoms with van der Waals surface area (Å²) < 4.78 is 7.35. The van der Waals surface area contributed by atoms with Crippen molar-refractivity contribution in [2.45, 2.75) is 39.0 Å². The van der Waals surface area contributed by atoms with Gasteiger partial charge in [0.15, 0.2) is 0 Å². The Bertz CT molecular complexity index is 488. The van der Waals surface area contributed by atoms with Crippen LogP contribution < -0.4 is 10.5 Å². The minimum atomic E-state index is 0.667. The Morgan fingerprint density at radius 1 is 1.30 bits per heavy atom. The summed E-state index contributed by atoms with van der Waals surface area (Å²) in [6.45, 7) is 3.68. The van der Waals surface area contributed by atoms with Gasteiger partial charge >= 0.3 is 0 Å². The zero-order valence-corrected chi connectivity index (χ0v) is 13.8. The van der Waals surface area contributed by atoms with Gasteiger partial charge in [-0.15, -0.1) is 0 Å². The van der Waals surface area contributed by atoms with E-state index in [4.69, 9.17) is 10.5 Å². The lowest BCUT2D eigenvalue weighted by atomic mass is 9.89. The molecule has 3 unspecified atom stereocenters. The van der Waals surface area contributed by atoms with Gasteiger partial charge in [0.05, 0.1) is 6.61 Å². The molecule has 0 radical (unpaired) electrons. The maximum atomic E-state index is 6.24.